The minimum atomic E-state index is -0.259. The van der Waals surface area contributed by atoms with Crippen LogP contribution < -0.4 is 5.32 Å². The molecule has 1 aliphatic rings. The van der Waals surface area contributed by atoms with Gasteiger partial charge in [-0.15, -0.1) is 0 Å². The van der Waals surface area contributed by atoms with Gasteiger partial charge in [0.05, 0.1) is 0 Å². The van der Waals surface area contributed by atoms with Gasteiger partial charge in [0, 0.05) is 31.2 Å². The predicted molar refractivity (Wildman–Crippen MR) is 53.7 cm³/mol. The molecule has 0 aromatic rings. The fraction of sp³-hybridized carbons (Fsp3) is 1.00. The predicted octanol–water partition coefficient (Wildman–Crippen LogP) is 1.42. The third kappa shape index (κ3) is 2.64. The Hall–Kier alpha value is -0.150. The lowest BCUT2D eigenvalue weighted by Crippen LogP contribution is -2.43. The smallest absolute Gasteiger partial charge is 0.102 e. The summed E-state index contributed by atoms with van der Waals surface area (Å²) in [5.41, 5.74) is 0. The summed E-state index contributed by atoms with van der Waals surface area (Å²) in [6.45, 7) is 8.04. The summed E-state index contributed by atoms with van der Waals surface area (Å²) in [7, 11) is 0. The second-order valence-electron chi connectivity index (χ2n) is 4.11. The van der Waals surface area contributed by atoms with Crippen molar-refractivity contribution in [1.29, 1.82) is 0 Å². The topological polar surface area (TPSA) is 15.3 Å². The molecule has 1 N–H and O–H groups in total. The average Bonchev–Trinajstić information content (AvgIpc) is 2.43. The minimum Gasteiger partial charge on any atom is -0.310 e. The van der Waals surface area contributed by atoms with Crippen molar-refractivity contribution in [3.8, 4) is 0 Å². The molecule has 0 radical (unpaired) electrons. The number of likely N-dealkylation sites (tertiary alicyclic amines) is 1. The molecule has 0 aromatic heterocycles. The number of nitrogens with one attached hydrogen (secondary N) is 1. The van der Waals surface area contributed by atoms with E-state index < -0.39 is 0 Å². The summed E-state index contributed by atoms with van der Waals surface area (Å²) in [6.07, 6.45) is 1.15. The Morgan fingerprint density at radius 3 is 2.69 bits per heavy atom. The van der Waals surface area contributed by atoms with Gasteiger partial charge >= 0.3 is 0 Å². The van der Waals surface area contributed by atoms with Crippen molar-refractivity contribution in [1.82, 2.24) is 10.2 Å². The molecule has 78 valence electrons. The first kappa shape index (κ1) is 10.9. The van der Waals surface area contributed by atoms with Gasteiger partial charge < -0.3 is 5.32 Å². The van der Waals surface area contributed by atoms with E-state index in [9.17, 15) is 4.39 Å². The summed E-state index contributed by atoms with van der Waals surface area (Å²) < 4.78 is 12.0. The van der Waals surface area contributed by atoms with Crippen LogP contribution in [0.3, 0.4) is 0 Å². The second-order valence-corrected chi connectivity index (χ2v) is 4.11. The summed E-state index contributed by atoms with van der Waals surface area (Å²) in [4.78, 5) is 2.47. The zero-order valence-corrected chi connectivity index (χ0v) is 8.89. The molecule has 0 aliphatic carbocycles. The third-order valence-corrected chi connectivity index (χ3v) is 2.97. The molecule has 1 rings (SSSR count). The molecule has 1 fully saturated rings. The van der Waals surface area contributed by atoms with Gasteiger partial charge in [-0.05, 0) is 27.2 Å². The minimum absolute atomic E-state index is 0.259. The van der Waals surface area contributed by atoms with Gasteiger partial charge in [-0.2, -0.15) is 0 Å². The van der Waals surface area contributed by atoms with Crippen LogP contribution in [0.5, 0.6) is 0 Å². The number of nitrogens with zero attached hydrogens (tertiary/aromatic N) is 1. The van der Waals surface area contributed by atoms with Crippen LogP contribution in [0.2, 0.25) is 0 Å². The molecular weight excluding hydrogens is 167 g/mol. The van der Waals surface area contributed by atoms with Gasteiger partial charge in [0.2, 0.25) is 0 Å². The van der Waals surface area contributed by atoms with Crippen molar-refractivity contribution in [2.24, 2.45) is 0 Å². The van der Waals surface area contributed by atoms with Crippen molar-refractivity contribution >= 4 is 0 Å². The molecular formula is C10H21FN2. The Balaban J connectivity index is 2.36. The van der Waals surface area contributed by atoms with Gasteiger partial charge in [0.15, 0.2) is 0 Å². The molecule has 1 heterocycles. The molecule has 0 spiro atoms. The quantitative estimate of drug-likeness (QED) is 0.717. The molecule has 2 unspecified atom stereocenters. The van der Waals surface area contributed by atoms with Crippen molar-refractivity contribution < 1.29 is 4.39 Å². The van der Waals surface area contributed by atoms with Gasteiger partial charge in [0.25, 0.3) is 0 Å². The van der Waals surface area contributed by atoms with Crippen LogP contribution in [0, 0.1) is 0 Å². The highest BCUT2D eigenvalue weighted by Gasteiger charge is 2.31. The summed E-state index contributed by atoms with van der Waals surface area (Å²) in [5.74, 6) is 0. The molecule has 1 aliphatic heterocycles. The molecule has 0 amide bonds. The average molecular weight is 188 g/mol. The molecule has 2 nitrogen and oxygen atoms in total. The van der Waals surface area contributed by atoms with Crippen molar-refractivity contribution in [2.75, 3.05) is 19.8 Å². The van der Waals surface area contributed by atoms with Crippen LogP contribution in [0.1, 0.15) is 27.2 Å². The van der Waals surface area contributed by atoms with Crippen LogP contribution in [0.25, 0.3) is 0 Å². The van der Waals surface area contributed by atoms with E-state index in [2.05, 4.69) is 31.0 Å². The standard InChI is InChI=1S/C10H21FN2/c1-8(2)13-7-4-10(9(13)3)12-6-5-11/h8-10,12H,4-7H2,1-3H3. The number of halogens is 1. The van der Waals surface area contributed by atoms with E-state index in [0.29, 0.717) is 24.7 Å². The van der Waals surface area contributed by atoms with E-state index >= 15 is 0 Å². The Kier molecular flexibility index (Phi) is 4.13. The highest BCUT2D eigenvalue weighted by Crippen LogP contribution is 2.19. The van der Waals surface area contributed by atoms with E-state index in [-0.39, 0.29) is 6.67 Å². The first-order chi connectivity index (χ1) is 6.16. The zero-order valence-electron chi connectivity index (χ0n) is 8.89. The maximum atomic E-state index is 12.0. The van der Waals surface area contributed by atoms with Crippen molar-refractivity contribution in [3.05, 3.63) is 0 Å². The molecule has 13 heavy (non-hydrogen) atoms. The molecule has 1 saturated heterocycles. The van der Waals surface area contributed by atoms with Crippen LogP contribution in [-0.4, -0.2) is 42.8 Å². The SMILES string of the molecule is CC(C)N1CCC(NCCF)C1C. The Morgan fingerprint density at radius 1 is 1.54 bits per heavy atom. The first-order valence-electron chi connectivity index (χ1n) is 5.22. The molecule has 2 atom stereocenters. The monoisotopic (exact) mass is 188 g/mol. The zero-order chi connectivity index (χ0) is 9.84. The van der Waals surface area contributed by atoms with Crippen LogP contribution >= 0.6 is 0 Å². The van der Waals surface area contributed by atoms with Crippen LogP contribution in [0.15, 0.2) is 0 Å². The van der Waals surface area contributed by atoms with Gasteiger partial charge in [-0.3, -0.25) is 4.90 Å². The van der Waals surface area contributed by atoms with Gasteiger partial charge in [0.1, 0.15) is 6.67 Å². The second kappa shape index (κ2) is 4.91. The molecule has 0 saturated carbocycles. The lowest BCUT2D eigenvalue weighted by atomic mass is 10.1. The number of alkyl halides is 1. The van der Waals surface area contributed by atoms with Gasteiger partial charge in [-0.25, -0.2) is 4.39 Å². The number of hydrogen-bond donors (Lipinski definition) is 1. The highest BCUT2D eigenvalue weighted by molar-refractivity contribution is 4.90. The van der Waals surface area contributed by atoms with Crippen LogP contribution in [0.4, 0.5) is 4.39 Å². The number of hydrogen-bond acceptors (Lipinski definition) is 2. The summed E-state index contributed by atoms with van der Waals surface area (Å²) >= 11 is 0. The van der Waals surface area contributed by atoms with Crippen LogP contribution in [-0.2, 0) is 0 Å². The third-order valence-electron chi connectivity index (χ3n) is 2.97. The highest BCUT2D eigenvalue weighted by atomic mass is 19.1. The maximum absolute atomic E-state index is 12.0. The molecule has 0 bridgehead atoms. The fourth-order valence-corrected chi connectivity index (χ4v) is 2.21. The van der Waals surface area contributed by atoms with E-state index in [0.717, 1.165) is 13.0 Å². The van der Waals surface area contributed by atoms with E-state index in [1.54, 1.807) is 0 Å². The summed E-state index contributed by atoms with van der Waals surface area (Å²) in [6, 6.07) is 1.64. The lowest BCUT2D eigenvalue weighted by molar-refractivity contribution is 0.201. The molecule has 0 aromatic carbocycles. The summed E-state index contributed by atoms with van der Waals surface area (Å²) in [5, 5.41) is 3.25. The Morgan fingerprint density at radius 2 is 2.23 bits per heavy atom. The normalized spacial score (nSPS) is 30.2. The lowest BCUT2D eigenvalue weighted by Gasteiger charge is -2.28. The van der Waals surface area contributed by atoms with Crippen molar-refractivity contribution in [3.63, 3.8) is 0 Å². The Labute approximate surface area is 80.5 Å². The molecule has 3 heteroatoms. The maximum Gasteiger partial charge on any atom is 0.102 e. The number of rotatable bonds is 4. The van der Waals surface area contributed by atoms with E-state index in [1.807, 2.05) is 0 Å². The fourth-order valence-electron chi connectivity index (χ4n) is 2.21. The van der Waals surface area contributed by atoms with E-state index in [1.165, 1.54) is 0 Å². The Bertz CT molecular complexity index is 150. The largest absolute Gasteiger partial charge is 0.310 e. The van der Waals surface area contributed by atoms with E-state index in [4.69, 9.17) is 0 Å². The first-order valence-corrected chi connectivity index (χ1v) is 5.22. The van der Waals surface area contributed by atoms with Crippen molar-refractivity contribution in [2.45, 2.75) is 45.3 Å². The van der Waals surface area contributed by atoms with Gasteiger partial charge in [-0.1, -0.05) is 0 Å².